The molecule has 0 saturated heterocycles. The van der Waals surface area contributed by atoms with Gasteiger partial charge in [-0.3, -0.25) is 4.90 Å². The number of phenols is 1. The second-order valence-electron chi connectivity index (χ2n) is 4.61. The van der Waals surface area contributed by atoms with Gasteiger partial charge in [-0.05, 0) is 17.7 Å². The van der Waals surface area contributed by atoms with Crippen molar-refractivity contribution in [3.05, 3.63) is 17.7 Å². The molecule has 0 spiro atoms. The number of phenolic OH excluding ortho intramolecular Hbond substituents is 1. The first kappa shape index (κ1) is 17.6. The van der Waals surface area contributed by atoms with E-state index in [0.717, 1.165) is 18.7 Å². The van der Waals surface area contributed by atoms with Gasteiger partial charge in [0.1, 0.15) is 0 Å². The fourth-order valence-corrected chi connectivity index (χ4v) is 2.01. The Morgan fingerprint density at radius 2 is 1.38 bits per heavy atom. The Kier molecular flexibility index (Phi) is 7.89. The number of nitrogens with zero attached hydrogens (tertiary/aromatic N) is 1. The normalized spacial score (nSPS) is 10.9. The Labute approximate surface area is 126 Å². The minimum atomic E-state index is 0.0177. The number of rotatable bonds is 10. The van der Waals surface area contributed by atoms with Crippen molar-refractivity contribution in [3.8, 4) is 17.2 Å². The lowest BCUT2D eigenvalue weighted by Crippen LogP contribution is -2.30. The van der Waals surface area contributed by atoms with E-state index in [1.807, 2.05) is 12.1 Å². The molecule has 1 rings (SSSR count). The van der Waals surface area contributed by atoms with Crippen molar-refractivity contribution in [2.45, 2.75) is 6.54 Å². The van der Waals surface area contributed by atoms with Crippen LogP contribution in [0.1, 0.15) is 5.56 Å². The van der Waals surface area contributed by atoms with E-state index in [2.05, 4.69) is 4.90 Å². The van der Waals surface area contributed by atoms with E-state index < -0.39 is 0 Å². The molecule has 0 aliphatic rings. The molecular formula is C15H25NO5. The molecule has 0 aliphatic heterocycles. The molecule has 0 bridgehead atoms. The summed E-state index contributed by atoms with van der Waals surface area (Å²) in [5, 5.41) is 9.93. The third-order valence-corrected chi connectivity index (χ3v) is 3.17. The van der Waals surface area contributed by atoms with Crippen LogP contribution >= 0.6 is 0 Å². The second kappa shape index (κ2) is 9.44. The van der Waals surface area contributed by atoms with Crippen LogP contribution in [0.3, 0.4) is 0 Å². The summed E-state index contributed by atoms with van der Waals surface area (Å²) < 4.78 is 20.6. The predicted molar refractivity (Wildman–Crippen MR) is 80.2 cm³/mol. The van der Waals surface area contributed by atoms with E-state index in [1.54, 1.807) is 14.2 Å². The van der Waals surface area contributed by atoms with Gasteiger partial charge in [-0.25, -0.2) is 0 Å². The van der Waals surface area contributed by atoms with Gasteiger partial charge < -0.3 is 24.1 Å². The quantitative estimate of drug-likeness (QED) is 0.706. The molecule has 0 radical (unpaired) electrons. The molecule has 120 valence electrons. The lowest BCUT2D eigenvalue weighted by atomic mass is 10.1. The fraction of sp³-hybridized carbons (Fsp3) is 0.600. The van der Waals surface area contributed by atoms with Crippen molar-refractivity contribution in [1.29, 1.82) is 0 Å². The van der Waals surface area contributed by atoms with Gasteiger partial charge in [0.05, 0.1) is 27.4 Å². The van der Waals surface area contributed by atoms with Crippen molar-refractivity contribution in [1.82, 2.24) is 4.90 Å². The van der Waals surface area contributed by atoms with E-state index in [0.29, 0.717) is 31.3 Å². The maximum atomic E-state index is 9.93. The maximum absolute atomic E-state index is 9.93. The van der Waals surface area contributed by atoms with E-state index in [4.69, 9.17) is 18.9 Å². The molecule has 1 N–H and O–H groups in total. The number of hydrogen-bond donors (Lipinski definition) is 1. The Morgan fingerprint density at radius 1 is 0.905 bits per heavy atom. The van der Waals surface area contributed by atoms with Crippen molar-refractivity contribution in [3.63, 3.8) is 0 Å². The SMILES string of the molecule is COCCN(CCOC)Cc1cc(OC)c(O)c(OC)c1. The molecular weight excluding hydrogens is 274 g/mol. The summed E-state index contributed by atoms with van der Waals surface area (Å²) in [6, 6.07) is 3.62. The van der Waals surface area contributed by atoms with Gasteiger partial charge in [0, 0.05) is 33.9 Å². The summed E-state index contributed by atoms with van der Waals surface area (Å²) >= 11 is 0. The van der Waals surface area contributed by atoms with Gasteiger partial charge >= 0.3 is 0 Å². The van der Waals surface area contributed by atoms with Crippen LogP contribution in [0.15, 0.2) is 12.1 Å². The molecule has 0 amide bonds. The first-order valence-electron chi connectivity index (χ1n) is 6.80. The molecule has 1 aromatic rings. The molecule has 0 atom stereocenters. The van der Waals surface area contributed by atoms with Crippen LogP contribution in [0, 0.1) is 0 Å². The second-order valence-corrected chi connectivity index (χ2v) is 4.61. The highest BCUT2D eigenvalue weighted by atomic mass is 16.5. The first-order valence-corrected chi connectivity index (χ1v) is 6.80. The largest absolute Gasteiger partial charge is 0.502 e. The van der Waals surface area contributed by atoms with E-state index in [9.17, 15) is 5.11 Å². The van der Waals surface area contributed by atoms with Crippen molar-refractivity contribution < 1.29 is 24.1 Å². The standard InChI is InChI=1S/C15H25NO5/c1-18-7-5-16(6-8-19-2)11-12-9-13(20-3)15(17)14(10-12)21-4/h9-10,17H,5-8,11H2,1-4H3. The van der Waals surface area contributed by atoms with Gasteiger partial charge in [-0.15, -0.1) is 0 Å². The van der Waals surface area contributed by atoms with Gasteiger partial charge in [-0.2, -0.15) is 0 Å². The van der Waals surface area contributed by atoms with Crippen LogP contribution in [0.2, 0.25) is 0 Å². The average Bonchev–Trinajstić information content (AvgIpc) is 2.51. The van der Waals surface area contributed by atoms with Crippen LogP contribution in [0.25, 0.3) is 0 Å². The highest BCUT2D eigenvalue weighted by Crippen LogP contribution is 2.37. The number of benzene rings is 1. The maximum Gasteiger partial charge on any atom is 0.200 e. The summed E-state index contributed by atoms with van der Waals surface area (Å²) in [6.07, 6.45) is 0. The summed E-state index contributed by atoms with van der Waals surface area (Å²) in [7, 11) is 6.40. The molecule has 1 aromatic carbocycles. The van der Waals surface area contributed by atoms with Crippen molar-refractivity contribution in [2.24, 2.45) is 0 Å². The Hall–Kier alpha value is -1.50. The van der Waals surface area contributed by atoms with Crippen LogP contribution < -0.4 is 9.47 Å². The van der Waals surface area contributed by atoms with E-state index in [-0.39, 0.29) is 5.75 Å². The zero-order valence-corrected chi connectivity index (χ0v) is 13.2. The zero-order chi connectivity index (χ0) is 15.7. The Morgan fingerprint density at radius 3 is 1.76 bits per heavy atom. The van der Waals surface area contributed by atoms with Gasteiger partial charge in [0.2, 0.25) is 5.75 Å². The first-order chi connectivity index (χ1) is 10.2. The van der Waals surface area contributed by atoms with Crippen molar-refractivity contribution >= 4 is 0 Å². The third kappa shape index (κ3) is 5.41. The van der Waals surface area contributed by atoms with Crippen LogP contribution in [0.5, 0.6) is 17.2 Å². The summed E-state index contributed by atoms with van der Waals surface area (Å²) in [5.41, 5.74) is 0.994. The third-order valence-electron chi connectivity index (χ3n) is 3.17. The summed E-state index contributed by atoms with van der Waals surface area (Å²) in [6.45, 7) is 3.59. The lowest BCUT2D eigenvalue weighted by molar-refractivity contribution is 0.110. The Bertz CT molecular complexity index is 392. The van der Waals surface area contributed by atoms with Gasteiger partial charge in [-0.1, -0.05) is 0 Å². The van der Waals surface area contributed by atoms with Crippen LogP contribution in [0.4, 0.5) is 0 Å². The molecule has 0 heterocycles. The zero-order valence-electron chi connectivity index (χ0n) is 13.2. The topological polar surface area (TPSA) is 60.4 Å². The fourth-order valence-electron chi connectivity index (χ4n) is 2.01. The number of hydrogen-bond acceptors (Lipinski definition) is 6. The molecule has 0 fully saturated rings. The lowest BCUT2D eigenvalue weighted by Gasteiger charge is -2.22. The molecule has 21 heavy (non-hydrogen) atoms. The van der Waals surface area contributed by atoms with Gasteiger partial charge in [0.15, 0.2) is 11.5 Å². The summed E-state index contributed by atoms with van der Waals surface area (Å²) in [5.74, 6) is 0.828. The Balaban J connectivity index is 2.85. The highest BCUT2D eigenvalue weighted by molar-refractivity contribution is 5.52. The van der Waals surface area contributed by atoms with E-state index >= 15 is 0 Å². The van der Waals surface area contributed by atoms with E-state index in [1.165, 1.54) is 14.2 Å². The summed E-state index contributed by atoms with van der Waals surface area (Å²) in [4.78, 5) is 2.21. The average molecular weight is 299 g/mol. The number of ether oxygens (including phenoxy) is 4. The highest BCUT2D eigenvalue weighted by Gasteiger charge is 2.13. The number of methoxy groups -OCH3 is 4. The minimum Gasteiger partial charge on any atom is -0.502 e. The molecule has 0 aliphatic carbocycles. The predicted octanol–water partition coefficient (Wildman–Crippen LogP) is 1.50. The molecule has 0 saturated carbocycles. The molecule has 6 heteroatoms. The molecule has 0 aromatic heterocycles. The smallest absolute Gasteiger partial charge is 0.200 e. The molecule has 0 unspecified atom stereocenters. The van der Waals surface area contributed by atoms with Crippen molar-refractivity contribution in [2.75, 3.05) is 54.7 Å². The van der Waals surface area contributed by atoms with Crippen LogP contribution in [-0.2, 0) is 16.0 Å². The monoisotopic (exact) mass is 299 g/mol. The number of aromatic hydroxyl groups is 1. The minimum absolute atomic E-state index is 0.0177. The molecule has 6 nitrogen and oxygen atoms in total. The van der Waals surface area contributed by atoms with Crippen LogP contribution in [-0.4, -0.2) is 64.7 Å². The van der Waals surface area contributed by atoms with Gasteiger partial charge in [0.25, 0.3) is 0 Å².